The number of unbranched alkanes of at least 4 members (excludes halogenated alkanes) is 3. The number of amides is 1. The summed E-state index contributed by atoms with van der Waals surface area (Å²) in [5.41, 5.74) is -0.829. The molecule has 6 heteroatoms. The zero-order chi connectivity index (χ0) is 15.2. The molecule has 0 aliphatic carbocycles. The Morgan fingerprint density at radius 1 is 1.25 bits per heavy atom. The van der Waals surface area contributed by atoms with E-state index in [1.807, 2.05) is 0 Å². The molecule has 0 atom stereocenters. The highest BCUT2D eigenvalue weighted by Crippen LogP contribution is 2.33. The van der Waals surface area contributed by atoms with E-state index in [2.05, 4.69) is 12.2 Å². The van der Waals surface area contributed by atoms with E-state index in [-0.39, 0.29) is 23.0 Å². The van der Waals surface area contributed by atoms with E-state index in [0.29, 0.717) is 0 Å². The zero-order valence-electron chi connectivity index (χ0n) is 11.2. The maximum absolute atomic E-state index is 12.6. The molecule has 0 bridgehead atoms. The fourth-order valence-corrected chi connectivity index (χ4v) is 1.89. The van der Waals surface area contributed by atoms with Crippen LogP contribution in [0.4, 0.5) is 18.9 Å². The van der Waals surface area contributed by atoms with E-state index in [0.717, 1.165) is 43.9 Å². The van der Waals surface area contributed by atoms with Crippen molar-refractivity contribution in [2.45, 2.75) is 45.2 Å². The van der Waals surface area contributed by atoms with Crippen LogP contribution in [-0.4, -0.2) is 5.91 Å². The monoisotopic (exact) mass is 307 g/mol. The Hall–Kier alpha value is -1.23. The van der Waals surface area contributed by atoms with E-state index < -0.39 is 11.7 Å². The van der Waals surface area contributed by atoms with Crippen LogP contribution < -0.4 is 5.32 Å². The Morgan fingerprint density at radius 2 is 1.95 bits per heavy atom. The minimum atomic E-state index is -4.45. The summed E-state index contributed by atoms with van der Waals surface area (Å²) in [6.45, 7) is 2.06. The van der Waals surface area contributed by atoms with Crippen molar-refractivity contribution < 1.29 is 18.0 Å². The van der Waals surface area contributed by atoms with E-state index in [9.17, 15) is 18.0 Å². The molecule has 1 N–H and O–H groups in total. The predicted octanol–water partition coefficient (Wildman–Crippen LogP) is 5.27. The number of carbonyl (C=O) groups is 1. The molecule has 0 aliphatic rings. The van der Waals surface area contributed by atoms with Crippen LogP contribution in [0.25, 0.3) is 0 Å². The third-order valence-corrected chi connectivity index (χ3v) is 3.15. The molecule has 1 rings (SSSR count). The average molecular weight is 308 g/mol. The number of carbonyl (C=O) groups excluding carboxylic acids is 1. The molecule has 1 aromatic rings. The van der Waals surface area contributed by atoms with Gasteiger partial charge in [-0.25, -0.2) is 0 Å². The number of hydrogen-bond donors (Lipinski definition) is 1. The summed E-state index contributed by atoms with van der Waals surface area (Å²) >= 11 is 5.79. The molecule has 0 spiro atoms. The summed E-state index contributed by atoms with van der Waals surface area (Å²) in [4.78, 5) is 11.6. The molecule has 2 nitrogen and oxygen atoms in total. The molecule has 0 fully saturated rings. The van der Waals surface area contributed by atoms with Gasteiger partial charge in [0.1, 0.15) is 0 Å². The Labute approximate surface area is 121 Å². The predicted molar refractivity (Wildman–Crippen MR) is 73.8 cm³/mol. The van der Waals surface area contributed by atoms with Gasteiger partial charge in [0.05, 0.1) is 16.3 Å². The topological polar surface area (TPSA) is 29.1 Å². The molecule has 0 saturated carbocycles. The maximum Gasteiger partial charge on any atom is 0.416 e. The first-order chi connectivity index (χ1) is 9.34. The summed E-state index contributed by atoms with van der Waals surface area (Å²) in [6, 6.07) is 2.88. The Bertz CT molecular complexity index is 460. The van der Waals surface area contributed by atoms with Gasteiger partial charge in [-0.2, -0.15) is 13.2 Å². The van der Waals surface area contributed by atoms with Gasteiger partial charge in [-0.05, 0) is 24.6 Å². The summed E-state index contributed by atoms with van der Waals surface area (Å²) < 4.78 is 37.7. The molecule has 1 amide bonds. The molecule has 1 aromatic carbocycles. The lowest BCUT2D eigenvalue weighted by atomic mass is 10.1. The van der Waals surface area contributed by atoms with Crippen LogP contribution in [0.1, 0.15) is 44.6 Å². The van der Waals surface area contributed by atoms with Gasteiger partial charge in [-0.15, -0.1) is 0 Å². The van der Waals surface area contributed by atoms with Crippen LogP contribution in [0, 0.1) is 0 Å². The molecular weight excluding hydrogens is 291 g/mol. The lowest BCUT2D eigenvalue weighted by Crippen LogP contribution is -2.13. The molecule has 112 valence electrons. The van der Waals surface area contributed by atoms with Gasteiger partial charge in [0.15, 0.2) is 0 Å². The van der Waals surface area contributed by atoms with Crippen molar-refractivity contribution >= 4 is 23.2 Å². The number of rotatable bonds is 6. The fourth-order valence-electron chi connectivity index (χ4n) is 1.72. The van der Waals surface area contributed by atoms with Crippen molar-refractivity contribution in [3.05, 3.63) is 28.8 Å². The van der Waals surface area contributed by atoms with Crippen molar-refractivity contribution in [3.63, 3.8) is 0 Å². The molecule has 0 aliphatic heterocycles. The first-order valence-electron chi connectivity index (χ1n) is 6.51. The van der Waals surface area contributed by atoms with Crippen molar-refractivity contribution in [2.24, 2.45) is 0 Å². The number of alkyl halides is 3. The van der Waals surface area contributed by atoms with Gasteiger partial charge >= 0.3 is 6.18 Å². The Kier molecular flexibility index (Phi) is 6.33. The second kappa shape index (κ2) is 7.53. The maximum atomic E-state index is 12.6. The summed E-state index contributed by atoms with van der Waals surface area (Å²) in [5, 5.41) is 2.53. The second-order valence-electron chi connectivity index (χ2n) is 4.55. The van der Waals surface area contributed by atoms with Gasteiger partial charge in [-0.3, -0.25) is 4.79 Å². The zero-order valence-corrected chi connectivity index (χ0v) is 11.9. The smallest absolute Gasteiger partial charge is 0.325 e. The third-order valence-electron chi connectivity index (χ3n) is 2.83. The van der Waals surface area contributed by atoms with Crippen molar-refractivity contribution in [3.8, 4) is 0 Å². The summed E-state index contributed by atoms with van der Waals surface area (Å²) in [6.07, 6.45) is -0.424. The Balaban J connectivity index is 2.65. The standard InChI is InChI=1S/C14H17ClF3NO/c1-2-3-4-5-6-13(20)19-12-9-10(14(16,17)18)7-8-11(12)15/h7-9H,2-6H2,1H3,(H,19,20). The van der Waals surface area contributed by atoms with Crippen LogP contribution in [0.15, 0.2) is 18.2 Å². The fraction of sp³-hybridized carbons (Fsp3) is 0.500. The lowest BCUT2D eigenvalue weighted by Gasteiger charge is -2.11. The quantitative estimate of drug-likeness (QED) is 0.713. The summed E-state index contributed by atoms with van der Waals surface area (Å²) in [5.74, 6) is -0.317. The normalized spacial score (nSPS) is 11.4. The number of hydrogen-bond acceptors (Lipinski definition) is 1. The van der Waals surface area contributed by atoms with Crippen LogP contribution in [-0.2, 0) is 11.0 Å². The molecule has 0 unspecified atom stereocenters. The number of halogens is 4. The van der Waals surface area contributed by atoms with E-state index in [1.54, 1.807) is 0 Å². The van der Waals surface area contributed by atoms with Gasteiger partial charge in [0.2, 0.25) is 5.91 Å². The number of benzene rings is 1. The van der Waals surface area contributed by atoms with Crippen molar-refractivity contribution in [1.29, 1.82) is 0 Å². The van der Waals surface area contributed by atoms with Crippen molar-refractivity contribution in [2.75, 3.05) is 5.32 Å². The van der Waals surface area contributed by atoms with Crippen LogP contribution in [0.5, 0.6) is 0 Å². The molecule has 0 saturated heterocycles. The van der Waals surface area contributed by atoms with Crippen LogP contribution in [0.3, 0.4) is 0 Å². The number of anilines is 1. The van der Waals surface area contributed by atoms with Gasteiger partial charge < -0.3 is 5.32 Å². The SMILES string of the molecule is CCCCCCC(=O)Nc1cc(C(F)(F)F)ccc1Cl. The highest BCUT2D eigenvalue weighted by Gasteiger charge is 2.31. The van der Waals surface area contributed by atoms with E-state index in [1.165, 1.54) is 0 Å². The van der Waals surface area contributed by atoms with Gasteiger partial charge in [-0.1, -0.05) is 37.8 Å². The third kappa shape index (κ3) is 5.41. The molecule has 0 aromatic heterocycles. The average Bonchev–Trinajstić information content (AvgIpc) is 2.36. The lowest BCUT2D eigenvalue weighted by molar-refractivity contribution is -0.137. The van der Waals surface area contributed by atoms with Crippen LogP contribution >= 0.6 is 11.6 Å². The minimum absolute atomic E-state index is 0.00184. The molecule has 20 heavy (non-hydrogen) atoms. The Morgan fingerprint density at radius 3 is 2.55 bits per heavy atom. The highest BCUT2D eigenvalue weighted by molar-refractivity contribution is 6.33. The summed E-state index contributed by atoms with van der Waals surface area (Å²) in [7, 11) is 0. The first kappa shape index (κ1) is 16.8. The van der Waals surface area contributed by atoms with E-state index >= 15 is 0 Å². The molecular formula is C14H17ClF3NO. The first-order valence-corrected chi connectivity index (χ1v) is 6.89. The minimum Gasteiger partial charge on any atom is -0.325 e. The van der Waals surface area contributed by atoms with Crippen LogP contribution in [0.2, 0.25) is 5.02 Å². The van der Waals surface area contributed by atoms with Gasteiger partial charge in [0, 0.05) is 6.42 Å². The van der Waals surface area contributed by atoms with Crippen molar-refractivity contribution in [1.82, 2.24) is 0 Å². The second-order valence-corrected chi connectivity index (χ2v) is 4.96. The van der Waals surface area contributed by atoms with Gasteiger partial charge in [0.25, 0.3) is 0 Å². The molecule has 0 radical (unpaired) electrons. The largest absolute Gasteiger partial charge is 0.416 e. The highest BCUT2D eigenvalue weighted by atomic mass is 35.5. The number of nitrogens with one attached hydrogen (secondary N) is 1. The van der Waals surface area contributed by atoms with E-state index in [4.69, 9.17) is 11.6 Å². The molecule has 0 heterocycles.